The van der Waals surface area contributed by atoms with Gasteiger partial charge in [-0.25, -0.2) is 9.37 Å². The summed E-state index contributed by atoms with van der Waals surface area (Å²) in [4.78, 5) is 9.02. The number of rotatable bonds is 6. The second-order valence-electron chi connectivity index (χ2n) is 5.76. The molecule has 134 valence electrons. The third-order valence-corrected chi connectivity index (χ3v) is 5.07. The third-order valence-electron chi connectivity index (χ3n) is 3.73. The molecule has 0 aliphatic carbocycles. The maximum atomic E-state index is 13.0. The predicted molar refractivity (Wildman–Crippen MR) is 104 cm³/mol. The molecule has 1 aromatic heterocycles. The highest BCUT2D eigenvalue weighted by atomic mass is 35.5. The van der Waals surface area contributed by atoms with Crippen LogP contribution in [0.1, 0.15) is 23.7 Å². The van der Waals surface area contributed by atoms with Gasteiger partial charge in [0.25, 0.3) is 0 Å². The van der Waals surface area contributed by atoms with Gasteiger partial charge in [0.2, 0.25) is 5.88 Å². The van der Waals surface area contributed by atoms with Crippen molar-refractivity contribution >= 4 is 23.4 Å². The second kappa shape index (κ2) is 8.52. The average Bonchev–Trinajstić information content (AvgIpc) is 2.64. The number of benzene rings is 2. The molecule has 3 aromatic rings. The van der Waals surface area contributed by atoms with Crippen molar-refractivity contribution in [3.8, 4) is 11.6 Å². The van der Waals surface area contributed by atoms with E-state index in [4.69, 9.17) is 16.3 Å². The first-order chi connectivity index (χ1) is 12.5. The van der Waals surface area contributed by atoms with Gasteiger partial charge in [0, 0.05) is 22.5 Å². The Morgan fingerprint density at radius 2 is 1.85 bits per heavy atom. The number of aryl methyl sites for hydroxylation is 2. The molecule has 0 amide bonds. The van der Waals surface area contributed by atoms with E-state index in [2.05, 4.69) is 9.97 Å². The number of halogens is 2. The highest BCUT2D eigenvalue weighted by Crippen LogP contribution is 2.27. The Bertz CT molecular complexity index is 903. The Labute approximate surface area is 161 Å². The summed E-state index contributed by atoms with van der Waals surface area (Å²) in [6.45, 7) is 3.96. The second-order valence-corrected chi connectivity index (χ2v) is 7.11. The van der Waals surface area contributed by atoms with E-state index >= 15 is 0 Å². The molecular formula is C20H18ClFN2OS. The smallest absolute Gasteiger partial charge is 0.223 e. The van der Waals surface area contributed by atoms with Gasteiger partial charge in [0.1, 0.15) is 11.6 Å². The van der Waals surface area contributed by atoms with E-state index in [-0.39, 0.29) is 5.82 Å². The molecule has 0 atom stereocenters. The molecule has 0 aliphatic rings. The van der Waals surface area contributed by atoms with Crippen LogP contribution in [-0.4, -0.2) is 9.97 Å². The van der Waals surface area contributed by atoms with Gasteiger partial charge < -0.3 is 4.74 Å². The molecule has 3 nitrogen and oxygen atoms in total. The van der Waals surface area contributed by atoms with Crippen LogP contribution in [0.25, 0.3) is 0 Å². The Kier molecular flexibility index (Phi) is 6.12. The average molecular weight is 389 g/mol. The zero-order chi connectivity index (χ0) is 18.5. The molecular weight excluding hydrogens is 371 g/mol. The van der Waals surface area contributed by atoms with Crippen molar-refractivity contribution in [2.75, 3.05) is 0 Å². The summed E-state index contributed by atoms with van der Waals surface area (Å²) >= 11 is 7.55. The van der Waals surface area contributed by atoms with Crippen molar-refractivity contribution in [3.63, 3.8) is 0 Å². The maximum Gasteiger partial charge on any atom is 0.223 e. The normalized spacial score (nSPS) is 10.8. The molecule has 1 heterocycles. The summed E-state index contributed by atoms with van der Waals surface area (Å²) < 4.78 is 18.9. The zero-order valence-corrected chi connectivity index (χ0v) is 16.1. The molecule has 0 N–H and O–H groups in total. The van der Waals surface area contributed by atoms with Crippen LogP contribution in [-0.2, 0) is 12.2 Å². The van der Waals surface area contributed by atoms with Crippen molar-refractivity contribution in [1.29, 1.82) is 0 Å². The highest BCUT2D eigenvalue weighted by Gasteiger charge is 2.08. The number of ether oxygens (including phenoxy) is 1. The Morgan fingerprint density at radius 1 is 1.08 bits per heavy atom. The molecule has 0 fully saturated rings. The molecule has 3 rings (SSSR count). The summed E-state index contributed by atoms with van der Waals surface area (Å²) in [6.07, 6.45) is 0.780. The van der Waals surface area contributed by atoms with Crippen molar-refractivity contribution in [1.82, 2.24) is 9.97 Å². The monoisotopic (exact) mass is 388 g/mol. The molecule has 6 heteroatoms. The Morgan fingerprint density at radius 3 is 2.54 bits per heavy atom. The Balaban J connectivity index is 1.77. The lowest BCUT2D eigenvalue weighted by Gasteiger charge is -2.09. The van der Waals surface area contributed by atoms with Crippen molar-refractivity contribution in [2.24, 2.45) is 0 Å². The van der Waals surface area contributed by atoms with E-state index in [9.17, 15) is 4.39 Å². The molecule has 0 aliphatic heterocycles. The van der Waals surface area contributed by atoms with Gasteiger partial charge in [0.15, 0.2) is 5.16 Å². The molecule has 0 unspecified atom stereocenters. The summed E-state index contributed by atoms with van der Waals surface area (Å²) in [5.41, 5.74) is 2.86. The van der Waals surface area contributed by atoms with Crippen LogP contribution in [0.15, 0.2) is 53.7 Å². The molecule has 0 saturated carbocycles. The molecule has 0 spiro atoms. The van der Waals surface area contributed by atoms with Gasteiger partial charge in [-0.3, -0.25) is 0 Å². The van der Waals surface area contributed by atoms with Crippen molar-refractivity contribution < 1.29 is 9.13 Å². The van der Waals surface area contributed by atoms with E-state index in [0.717, 1.165) is 23.2 Å². The van der Waals surface area contributed by atoms with Gasteiger partial charge in [-0.15, -0.1) is 0 Å². The number of hydrogen-bond donors (Lipinski definition) is 0. The van der Waals surface area contributed by atoms with Gasteiger partial charge >= 0.3 is 0 Å². The first-order valence-corrected chi connectivity index (χ1v) is 9.59. The molecule has 0 bridgehead atoms. The quantitative estimate of drug-likeness (QED) is 0.370. The largest absolute Gasteiger partial charge is 0.439 e. The van der Waals surface area contributed by atoms with Gasteiger partial charge in [-0.1, -0.05) is 42.4 Å². The van der Waals surface area contributed by atoms with Crippen LogP contribution in [0.4, 0.5) is 4.39 Å². The lowest BCUT2D eigenvalue weighted by atomic mass is 10.2. The third kappa shape index (κ3) is 4.96. The van der Waals surface area contributed by atoms with Crippen LogP contribution < -0.4 is 4.74 Å². The van der Waals surface area contributed by atoms with Crippen LogP contribution in [0, 0.1) is 12.7 Å². The van der Waals surface area contributed by atoms with E-state index in [0.29, 0.717) is 27.6 Å². The fourth-order valence-electron chi connectivity index (χ4n) is 2.28. The first-order valence-electron chi connectivity index (χ1n) is 8.22. The molecule has 26 heavy (non-hydrogen) atoms. The Hall–Kier alpha value is -2.11. The summed E-state index contributed by atoms with van der Waals surface area (Å²) in [5, 5.41) is 1.33. The number of nitrogens with zero attached hydrogens (tertiary/aromatic N) is 2. The number of thioether (sulfide) groups is 1. The van der Waals surface area contributed by atoms with Crippen molar-refractivity contribution in [3.05, 3.63) is 76.2 Å². The van der Waals surface area contributed by atoms with Crippen LogP contribution >= 0.6 is 23.4 Å². The lowest BCUT2D eigenvalue weighted by Crippen LogP contribution is -1.97. The maximum absolute atomic E-state index is 13.0. The van der Waals surface area contributed by atoms with Gasteiger partial charge in [-0.2, -0.15) is 4.98 Å². The topological polar surface area (TPSA) is 35.0 Å². The summed E-state index contributed by atoms with van der Waals surface area (Å²) in [6, 6.07) is 13.8. The van der Waals surface area contributed by atoms with Gasteiger partial charge in [-0.05, 0) is 54.8 Å². The fourth-order valence-corrected chi connectivity index (χ4v) is 3.22. The zero-order valence-electron chi connectivity index (χ0n) is 14.5. The minimum absolute atomic E-state index is 0.239. The minimum atomic E-state index is -0.239. The highest BCUT2D eigenvalue weighted by molar-refractivity contribution is 7.98. The predicted octanol–water partition coefficient (Wildman–Crippen LogP) is 6.22. The standard InChI is InChI=1S/C20H18ClFN2OS/c1-3-16-11-19(25-17-8-9-18(21)13(2)10-17)24-20(23-16)26-12-14-4-6-15(22)7-5-14/h4-11H,3,12H2,1-2H3. The van der Waals surface area contributed by atoms with E-state index in [1.54, 1.807) is 18.2 Å². The fraction of sp³-hybridized carbons (Fsp3) is 0.200. The minimum Gasteiger partial charge on any atom is -0.439 e. The van der Waals surface area contributed by atoms with Crippen LogP contribution in [0.2, 0.25) is 5.02 Å². The molecule has 0 saturated heterocycles. The van der Waals surface area contributed by atoms with Gasteiger partial charge in [0.05, 0.1) is 0 Å². The number of hydrogen-bond acceptors (Lipinski definition) is 4. The van der Waals surface area contributed by atoms with E-state index < -0.39 is 0 Å². The molecule has 0 radical (unpaired) electrons. The molecule has 2 aromatic carbocycles. The number of aromatic nitrogens is 2. The summed E-state index contributed by atoms with van der Waals surface area (Å²) in [7, 11) is 0. The van der Waals surface area contributed by atoms with E-state index in [1.807, 2.05) is 32.0 Å². The summed E-state index contributed by atoms with van der Waals surface area (Å²) in [5.74, 6) is 1.60. The van der Waals surface area contributed by atoms with Crippen molar-refractivity contribution in [2.45, 2.75) is 31.2 Å². The first kappa shape index (κ1) is 18.7. The van der Waals surface area contributed by atoms with Crippen LogP contribution in [0.3, 0.4) is 0 Å². The lowest BCUT2D eigenvalue weighted by molar-refractivity contribution is 0.453. The van der Waals surface area contributed by atoms with E-state index in [1.165, 1.54) is 23.9 Å². The SMILES string of the molecule is CCc1cc(Oc2ccc(Cl)c(C)c2)nc(SCc2ccc(F)cc2)n1. The van der Waals surface area contributed by atoms with Crippen LogP contribution in [0.5, 0.6) is 11.6 Å².